The van der Waals surface area contributed by atoms with Crippen molar-refractivity contribution in [2.24, 2.45) is 5.73 Å². The Morgan fingerprint density at radius 1 is 1.37 bits per heavy atom. The first-order chi connectivity index (χ1) is 8.96. The standard InChI is InChI=1S/C13H17Cl2N3O/c1-13(12(16)19,18-6-4-17-5-7-18)10-8-9(14)2-3-11(10)15/h2-3,8,17H,4-7H2,1H3,(H2,16,19). The summed E-state index contributed by atoms with van der Waals surface area (Å²) < 4.78 is 0. The van der Waals surface area contributed by atoms with Crippen molar-refractivity contribution in [1.29, 1.82) is 0 Å². The van der Waals surface area contributed by atoms with Crippen LogP contribution in [0.2, 0.25) is 10.0 Å². The van der Waals surface area contributed by atoms with Gasteiger partial charge in [-0.15, -0.1) is 0 Å². The Morgan fingerprint density at radius 3 is 2.58 bits per heavy atom. The monoisotopic (exact) mass is 301 g/mol. The highest BCUT2D eigenvalue weighted by molar-refractivity contribution is 6.34. The Morgan fingerprint density at radius 2 is 2.00 bits per heavy atom. The summed E-state index contributed by atoms with van der Waals surface area (Å²) in [4.78, 5) is 14.1. The molecule has 4 nitrogen and oxygen atoms in total. The zero-order valence-electron chi connectivity index (χ0n) is 10.7. The molecule has 0 bridgehead atoms. The number of nitrogens with zero attached hydrogens (tertiary/aromatic N) is 1. The minimum atomic E-state index is -0.940. The summed E-state index contributed by atoms with van der Waals surface area (Å²) in [6.07, 6.45) is 0. The lowest BCUT2D eigenvalue weighted by atomic mass is 9.88. The number of amides is 1. The molecule has 0 radical (unpaired) electrons. The third kappa shape index (κ3) is 2.72. The highest BCUT2D eigenvalue weighted by Crippen LogP contribution is 2.35. The number of benzene rings is 1. The molecule has 6 heteroatoms. The number of carbonyl (C=O) groups is 1. The van der Waals surface area contributed by atoms with Gasteiger partial charge in [0.25, 0.3) is 0 Å². The van der Waals surface area contributed by atoms with Crippen LogP contribution < -0.4 is 11.1 Å². The van der Waals surface area contributed by atoms with Gasteiger partial charge in [-0.1, -0.05) is 23.2 Å². The molecule has 1 aromatic carbocycles. The van der Waals surface area contributed by atoms with Crippen molar-refractivity contribution >= 4 is 29.1 Å². The van der Waals surface area contributed by atoms with Crippen LogP contribution in [0.25, 0.3) is 0 Å². The Balaban J connectivity index is 2.48. The average molecular weight is 302 g/mol. The molecule has 1 amide bonds. The number of primary amides is 1. The predicted octanol–water partition coefficient (Wildman–Crippen LogP) is 1.60. The second-order valence-electron chi connectivity index (χ2n) is 4.80. The quantitative estimate of drug-likeness (QED) is 0.891. The molecule has 104 valence electrons. The van der Waals surface area contributed by atoms with Crippen molar-refractivity contribution < 1.29 is 4.79 Å². The minimum Gasteiger partial charge on any atom is -0.368 e. The second-order valence-corrected chi connectivity index (χ2v) is 5.64. The molecule has 1 fully saturated rings. The number of hydrogen-bond donors (Lipinski definition) is 2. The van der Waals surface area contributed by atoms with Gasteiger partial charge >= 0.3 is 0 Å². The Kier molecular flexibility index (Phi) is 4.36. The maximum absolute atomic E-state index is 12.0. The lowest BCUT2D eigenvalue weighted by molar-refractivity contribution is -0.130. The van der Waals surface area contributed by atoms with Gasteiger partial charge in [0.15, 0.2) is 0 Å². The van der Waals surface area contributed by atoms with E-state index in [1.807, 2.05) is 4.90 Å². The van der Waals surface area contributed by atoms with E-state index in [0.29, 0.717) is 15.6 Å². The largest absolute Gasteiger partial charge is 0.368 e. The van der Waals surface area contributed by atoms with Crippen LogP contribution in [0.15, 0.2) is 18.2 Å². The van der Waals surface area contributed by atoms with Crippen molar-refractivity contribution in [3.8, 4) is 0 Å². The summed E-state index contributed by atoms with van der Waals surface area (Å²) in [7, 11) is 0. The van der Waals surface area contributed by atoms with Crippen LogP contribution in [-0.2, 0) is 10.3 Å². The molecule has 2 rings (SSSR count). The van der Waals surface area contributed by atoms with E-state index in [1.165, 1.54) is 0 Å². The van der Waals surface area contributed by atoms with Crippen LogP contribution in [0.3, 0.4) is 0 Å². The first-order valence-corrected chi connectivity index (χ1v) is 6.93. The second kappa shape index (κ2) is 5.67. The highest BCUT2D eigenvalue weighted by Gasteiger charge is 2.41. The molecular formula is C13H17Cl2N3O. The summed E-state index contributed by atoms with van der Waals surface area (Å²) >= 11 is 12.3. The fraction of sp³-hybridized carbons (Fsp3) is 0.462. The van der Waals surface area contributed by atoms with E-state index in [2.05, 4.69) is 5.32 Å². The zero-order valence-corrected chi connectivity index (χ0v) is 12.3. The van der Waals surface area contributed by atoms with E-state index in [-0.39, 0.29) is 0 Å². The SMILES string of the molecule is CC(C(N)=O)(c1cc(Cl)ccc1Cl)N1CCNCC1. The van der Waals surface area contributed by atoms with Crippen molar-refractivity contribution in [2.75, 3.05) is 26.2 Å². The Bertz CT molecular complexity index is 489. The molecule has 1 aliphatic rings. The Hall–Kier alpha value is -0.810. The normalized spacial score (nSPS) is 19.9. The van der Waals surface area contributed by atoms with E-state index in [0.717, 1.165) is 26.2 Å². The minimum absolute atomic E-state index is 0.418. The number of hydrogen-bond acceptors (Lipinski definition) is 3. The van der Waals surface area contributed by atoms with Crippen LogP contribution in [-0.4, -0.2) is 37.0 Å². The number of nitrogens with two attached hydrogens (primary N) is 1. The Labute approximate surface area is 122 Å². The summed E-state index contributed by atoms with van der Waals surface area (Å²) in [6.45, 7) is 4.92. The fourth-order valence-corrected chi connectivity index (χ4v) is 2.92. The maximum atomic E-state index is 12.0. The number of rotatable bonds is 3. The molecule has 1 aromatic rings. The number of carbonyl (C=O) groups excluding carboxylic acids is 1. The topological polar surface area (TPSA) is 58.4 Å². The molecule has 1 aliphatic heterocycles. The molecule has 0 aliphatic carbocycles. The van der Waals surface area contributed by atoms with Gasteiger partial charge in [-0.2, -0.15) is 0 Å². The molecule has 1 saturated heterocycles. The van der Waals surface area contributed by atoms with Crippen molar-refractivity contribution in [3.63, 3.8) is 0 Å². The van der Waals surface area contributed by atoms with E-state index in [1.54, 1.807) is 25.1 Å². The van der Waals surface area contributed by atoms with Gasteiger partial charge in [-0.25, -0.2) is 0 Å². The molecule has 0 saturated carbocycles. The smallest absolute Gasteiger partial charge is 0.242 e. The molecule has 1 atom stereocenters. The number of halogens is 2. The van der Waals surface area contributed by atoms with E-state index < -0.39 is 11.4 Å². The van der Waals surface area contributed by atoms with Gasteiger partial charge in [0.2, 0.25) is 5.91 Å². The molecule has 0 aromatic heterocycles. The third-order valence-corrected chi connectivity index (χ3v) is 4.25. The van der Waals surface area contributed by atoms with Gasteiger partial charge in [-0.05, 0) is 25.1 Å². The maximum Gasteiger partial charge on any atom is 0.242 e. The van der Waals surface area contributed by atoms with Crippen molar-refractivity contribution in [2.45, 2.75) is 12.5 Å². The van der Waals surface area contributed by atoms with Crippen molar-refractivity contribution in [1.82, 2.24) is 10.2 Å². The van der Waals surface area contributed by atoms with Crippen LogP contribution in [0.5, 0.6) is 0 Å². The molecule has 0 spiro atoms. The molecular weight excluding hydrogens is 285 g/mol. The van der Waals surface area contributed by atoms with Gasteiger partial charge in [0.05, 0.1) is 0 Å². The zero-order chi connectivity index (χ0) is 14.0. The number of piperazine rings is 1. The van der Waals surface area contributed by atoms with Crippen LogP contribution in [0.1, 0.15) is 12.5 Å². The lowest BCUT2D eigenvalue weighted by Crippen LogP contribution is -2.58. The average Bonchev–Trinajstić information content (AvgIpc) is 2.41. The van der Waals surface area contributed by atoms with E-state index in [9.17, 15) is 4.79 Å². The van der Waals surface area contributed by atoms with Crippen LogP contribution in [0.4, 0.5) is 0 Å². The molecule has 3 N–H and O–H groups in total. The molecule has 1 heterocycles. The van der Waals surface area contributed by atoms with E-state index >= 15 is 0 Å². The van der Waals surface area contributed by atoms with Crippen molar-refractivity contribution in [3.05, 3.63) is 33.8 Å². The summed E-state index contributed by atoms with van der Waals surface area (Å²) in [5.74, 6) is -0.418. The van der Waals surface area contributed by atoms with Gasteiger partial charge in [-0.3, -0.25) is 9.69 Å². The molecule has 19 heavy (non-hydrogen) atoms. The van der Waals surface area contributed by atoms with Gasteiger partial charge < -0.3 is 11.1 Å². The molecule has 1 unspecified atom stereocenters. The van der Waals surface area contributed by atoms with Gasteiger partial charge in [0, 0.05) is 41.8 Å². The third-order valence-electron chi connectivity index (χ3n) is 3.68. The lowest BCUT2D eigenvalue weighted by Gasteiger charge is -2.42. The van der Waals surface area contributed by atoms with Crippen LogP contribution in [0, 0.1) is 0 Å². The summed E-state index contributed by atoms with van der Waals surface area (Å²) in [5, 5.41) is 4.30. The first kappa shape index (κ1) is 14.6. The van der Waals surface area contributed by atoms with E-state index in [4.69, 9.17) is 28.9 Å². The van der Waals surface area contributed by atoms with Gasteiger partial charge in [0.1, 0.15) is 5.54 Å². The predicted molar refractivity (Wildman–Crippen MR) is 77.5 cm³/mol. The first-order valence-electron chi connectivity index (χ1n) is 6.17. The summed E-state index contributed by atoms with van der Waals surface area (Å²) in [6, 6.07) is 5.12. The summed E-state index contributed by atoms with van der Waals surface area (Å²) in [5.41, 5.74) is 5.37. The van der Waals surface area contributed by atoms with Crippen LogP contribution >= 0.6 is 23.2 Å². The fourth-order valence-electron chi connectivity index (χ4n) is 2.44. The number of nitrogens with one attached hydrogen (secondary N) is 1. The highest BCUT2D eigenvalue weighted by atomic mass is 35.5.